The van der Waals surface area contributed by atoms with E-state index in [2.05, 4.69) is 4.98 Å². The lowest BCUT2D eigenvalue weighted by Crippen LogP contribution is -2.37. The highest BCUT2D eigenvalue weighted by atomic mass is 16.5. The molecule has 5 heteroatoms. The Morgan fingerprint density at radius 1 is 1.71 bits per heavy atom. The Kier molecular flexibility index (Phi) is 3.46. The van der Waals surface area contributed by atoms with Crippen LogP contribution in [0.3, 0.4) is 0 Å². The molecular weight excluding hydrogens is 218 g/mol. The van der Waals surface area contributed by atoms with Crippen molar-refractivity contribution in [3.63, 3.8) is 0 Å². The summed E-state index contributed by atoms with van der Waals surface area (Å²) in [6.07, 6.45) is 3.65. The Balaban J connectivity index is 1.94. The summed E-state index contributed by atoms with van der Waals surface area (Å²) in [6, 6.07) is 3.66. The molecule has 1 atom stereocenters. The number of nitrogens with zero attached hydrogens (tertiary/aromatic N) is 2. The van der Waals surface area contributed by atoms with Gasteiger partial charge < -0.3 is 15.4 Å². The smallest absolute Gasteiger partial charge is 0.237 e. The third-order valence-electron chi connectivity index (χ3n) is 2.99. The zero-order valence-corrected chi connectivity index (χ0v) is 9.93. The average molecular weight is 235 g/mol. The highest BCUT2D eigenvalue weighted by Gasteiger charge is 2.27. The van der Waals surface area contributed by atoms with Gasteiger partial charge in [0.1, 0.15) is 6.61 Å². The van der Waals surface area contributed by atoms with E-state index in [0.29, 0.717) is 18.2 Å². The number of aromatic nitrogens is 1. The van der Waals surface area contributed by atoms with Gasteiger partial charge in [0, 0.05) is 19.7 Å². The average Bonchev–Trinajstić information content (AvgIpc) is 2.76. The lowest BCUT2D eigenvalue weighted by atomic mass is 10.2. The number of hydrogen-bond donors (Lipinski definition) is 1. The van der Waals surface area contributed by atoms with Crippen LogP contribution in [0.5, 0.6) is 5.88 Å². The zero-order chi connectivity index (χ0) is 12.3. The van der Waals surface area contributed by atoms with E-state index in [1.165, 1.54) is 0 Å². The van der Waals surface area contributed by atoms with Gasteiger partial charge in [-0.3, -0.25) is 4.79 Å². The van der Waals surface area contributed by atoms with E-state index in [1.54, 1.807) is 25.3 Å². The fourth-order valence-corrected chi connectivity index (χ4v) is 2.12. The fourth-order valence-electron chi connectivity index (χ4n) is 2.12. The van der Waals surface area contributed by atoms with Gasteiger partial charge in [0.05, 0.1) is 11.7 Å². The maximum atomic E-state index is 11.4. The Morgan fingerprint density at radius 2 is 2.53 bits per heavy atom. The van der Waals surface area contributed by atoms with Gasteiger partial charge in [-0.1, -0.05) is 0 Å². The minimum absolute atomic E-state index is 0.102. The van der Waals surface area contributed by atoms with Gasteiger partial charge in [-0.15, -0.1) is 0 Å². The number of amides is 1. The summed E-state index contributed by atoms with van der Waals surface area (Å²) in [5.74, 6) is 0.549. The molecule has 2 heterocycles. The summed E-state index contributed by atoms with van der Waals surface area (Å²) >= 11 is 0. The van der Waals surface area contributed by atoms with Crippen LogP contribution in [0.1, 0.15) is 19.8 Å². The van der Waals surface area contributed by atoms with Crippen LogP contribution in [0.15, 0.2) is 18.3 Å². The van der Waals surface area contributed by atoms with Gasteiger partial charge in [-0.2, -0.15) is 0 Å². The highest BCUT2D eigenvalue weighted by Crippen LogP contribution is 2.21. The van der Waals surface area contributed by atoms with Crippen LogP contribution >= 0.6 is 0 Å². The molecule has 1 aliphatic rings. The van der Waals surface area contributed by atoms with E-state index in [4.69, 9.17) is 10.5 Å². The Labute approximate surface area is 101 Å². The molecule has 0 aliphatic carbocycles. The molecule has 1 saturated heterocycles. The van der Waals surface area contributed by atoms with Crippen LogP contribution in [0.25, 0.3) is 0 Å². The molecule has 0 saturated carbocycles. The van der Waals surface area contributed by atoms with Crippen LogP contribution in [0.2, 0.25) is 0 Å². The first kappa shape index (κ1) is 11.7. The molecule has 0 radical (unpaired) electrons. The maximum Gasteiger partial charge on any atom is 0.237 e. The van der Waals surface area contributed by atoms with Crippen LogP contribution in [0.4, 0.5) is 5.69 Å². The molecule has 0 unspecified atom stereocenters. The molecular formula is C12H17N3O2. The number of carbonyl (C=O) groups is 1. The molecule has 5 nitrogen and oxygen atoms in total. The molecule has 17 heavy (non-hydrogen) atoms. The van der Waals surface area contributed by atoms with Gasteiger partial charge >= 0.3 is 0 Å². The SMILES string of the molecule is CC(=O)N1CCC[C@@H]1COc1ncccc1N. The summed E-state index contributed by atoms with van der Waals surface area (Å²) in [7, 11) is 0. The lowest BCUT2D eigenvalue weighted by Gasteiger charge is -2.23. The number of carbonyl (C=O) groups excluding carboxylic acids is 1. The second kappa shape index (κ2) is 5.03. The Morgan fingerprint density at radius 3 is 3.24 bits per heavy atom. The monoisotopic (exact) mass is 235 g/mol. The second-order valence-electron chi connectivity index (χ2n) is 4.22. The first-order chi connectivity index (χ1) is 8.18. The largest absolute Gasteiger partial charge is 0.474 e. The number of rotatable bonds is 3. The first-order valence-corrected chi connectivity index (χ1v) is 5.79. The number of nitrogen functional groups attached to an aromatic ring is 1. The normalized spacial score (nSPS) is 19.4. The van der Waals surface area contributed by atoms with E-state index in [9.17, 15) is 4.79 Å². The van der Waals surface area contributed by atoms with Gasteiger partial charge in [-0.05, 0) is 25.0 Å². The zero-order valence-electron chi connectivity index (χ0n) is 9.93. The van der Waals surface area contributed by atoms with Crippen LogP contribution in [0, 0.1) is 0 Å². The van der Waals surface area contributed by atoms with Crippen molar-refractivity contribution in [3.05, 3.63) is 18.3 Å². The molecule has 1 aromatic heterocycles. The second-order valence-corrected chi connectivity index (χ2v) is 4.22. The standard InChI is InChI=1S/C12H17N3O2/c1-9(16)15-7-3-4-10(15)8-17-12-11(13)5-2-6-14-12/h2,5-6,10H,3-4,7-8,13H2,1H3/t10-/m1/s1. The van der Waals surface area contributed by atoms with Crippen molar-refractivity contribution in [2.75, 3.05) is 18.9 Å². The molecule has 92 valence electrons. The van der Waals surface area contributed by atoms with Crippen molar-refractivity contribution in [2.24, 2.45) is 0 Å². The molecule has 1 aliphatic heterocycles. The number of pyridine rings is 1. The number of anilines is 1. The molecule has 2 rings (SSSR count). The van der Waals surface area contributed by atoms with E-state index in [-0.39, 0.29) is 11.9 Å². The van der Waals surface area contributed by atoms with Crippen molar-refractivity contribution in [2.45, 2.75) is 25.8 Å². The summed E-state index contributed by atoms with van der Waals surface area (Å²) in [6.45, 7) is 2.87. The summed E-state index contributed by atoms with van der Waals surface area (Å²) in [5.41, 5.74) is 6.26. The predicted molar refractivity (Wildman–Crippen MR) is 64.6 cm³/mol. The minimum Gasteiger partial charge on any atom is -0.474 e. The Hall–Kier alpha value is -1.78. The predicted octanol–water partition coefficient (Wildman–Crippen LogP) is 1.05. The van der Waals surface area contributed by atoms with Gasteiger partial charge in [0.25, 0.3) is 0 Å². The molecule has 0 bridgehead atoms. The van der Waals surface area contributed by atoms with Crippen molar-refractivity contribution in [1.82, 2.24) is 9.88 Å². The molecule has 1 fully saturated rings. The summed E-state index contributed by atoms with van der Waals surface area (Å²) in [5, 5.41) is 0. The lowest BCUT2D eigenvalue weighted by molar-refractivity contribution is -0.130. The number of ether oxygens (including phenoxy) is 1. The fraction of sp³-hybridized carbons (Fsp3) is 0.500. The number of nitrogens with two attached hydrogens (primary N) is 1. The molecule has 2 N–H and O–H groups in total. The topological polar surface area (TPSA) is 68.5 Å². The third-order valence-corrected chi connectivity index (χ3v) is 2.99. The van der Waals surface area contributed by atoms with Crippen LogP contribution in [-0.4, -0.2) is 35.0 Å². The first-order valence-electron chi connectivity index (χ1n) is 5.79. The highest BCUT2D eigenvalue weighted by molar-refractivity contribution is 5.73. The van der Waals surface area contributed by atoms with Gasteiger partial charge in [0.2, 0.25) is 11.8 Å². The Bertz CT molecular complexity index is 408. The molecule has 0 aromatic carbocycles. The summed E-state index contributed by atoms with van der Waals surface area (Å²) in [4.78, 5) is 17.3. The van der Waals surface area contributed by atoms with E-state index in [1.807, 2.05) is 4.90 Å². The summed E-state index contributed by atoms with van der Waals surface area (Å²) < 4.78 is 5.57. The minimum atomic E-state index is 0.102. The van der Waals surface area contributed by atoms with Crippen molar-refractivity contribution >= 4 is 11.6 Å². The quantitative estimate of drug-likeness (QED) is 0.850. The van der Waals surface area contributed by atoms with Gasteiger partial charge in [-0.25, -0.2) is 4.98 Å². The van der Waals surface area contributed by atoms with Crippen molar-refractivity contribution < 1.29 is 9.53 Å². The van der Waals surface area contributed by atoms with E-state index < -0.39 is 0 Å². The van der Waals surface area contributed by atoms with Crippen molar-refractivity contribution in [1.29, 1.82) is 0 Å². The van der Waals surface area contributed by atoms with E-state index >= 15 is 0 Å². The van der Waals surface area contributed by atoms with Gasteiger partial charge in [0.15, 0.2) is 0 Å². The van der Waals surface area contributed by atoms with E-state index in [0.717, 1.165) is 19.4 Å². The molecule has 1 amide bonds. The molecule has 1 aromatic rings. The molecule has 0 spiro atoms. The number of likely N-dealkylation sites (tertiary alicyclic amines) is 1. The number of hydrogen-bond acceptors (Lipinski definition) is 4. The van der Waals surface area contributed by atoms with Crippen molar-refractivity contribution in [3.8, 4) is 5.88 Å². The van der Waals surface area contributed by atoms with Crippen LogP contribution in [-0.2, 0) is 4.79 Å². The van der Waals surface area contributed by atoms with Crippen LogP contribution < -0.4 is 10.5 Å². The maximum absolute atomic E-state index is 11.4. The third kappa shape index (κ3) is 2.67.